The fourth-order valence-electron chi connectivity index (χ4n) is 1.41. The first kappa shape index (κ1) is 13.9. The Morgan fingerprint density at radius 1 is 1.53 bits per heavy atom. The minimum absolute atomic E-state index is 0.250. The third kappa shape index (κ3) is 5.63. The standard InChI is InChI=1S/C11H19N3O2S/c1-3-9-13-11(17-14-9)12-7-6-8(2)4-5-10(15)16/h8H,3-7H2,1-2H3,(H,15,16)(H,12,13,14). The van der Waals surface area contributed by atoms with Crippen molar-refractivity contribution in [2.24, 2.45) is 5.92 Å². The molecule has 0 radical (unpaired) electrons. The Hall–Kier alpha value is -1.17. The summed E-state index contributed by atoms with van der Waals surface area (Å²) in [6.45, 7) is 4.92. The van der Waals surface area contributed by atoms with Crippen LogP contribution in [-0.2, 0) is 11.2 Å². The van der Waals surface area contributed by atoms with Crippen LogP contribution >= 0.6 is 11.5 Å². The van der Waals surface area contributed by atoms with E-state index in [2.05, 4.69) is 21.6 Å². The van der Waals surface area contributed by atoms with E-state index in [0.29, 0.717) is 5.92 Å². The third-order valence-corrected chi connectivity index (χ3v) is 3.26. The minimum atomic E-state index is -0.721. The van der Waals surface area contributed by atoms with Crippen molar-refractivity contribution >= 4 is 22.6 Å². The molecule has 0 aliphatic carbocycles. The van der Waals surface area contributed by atoms with Crippen molar-refractivity contribution in [1.29, 1.82) is 0 Å². The van der Waals surface area contributed by atoms with Crippen molar-refractivity contribution in [3.05, 3.63) is 5.82 Å². The van der Waals surface area contributed by atoms with Crippen LogP contribution in [0.2, 0.25) is 0 Å². The van der Waals surface area contributed by atoms with E-state index in [1.54, 1.807) is 0 Å². The maximum absolute atomic E-state index is 10.4. The van der Waals surface area contributed by atoms with E-state index >= 15 is 0 Å². The number of aliphatic carboxylic acids is 1. The zero-order valence-corrected chi connectivity index (χ0v) is 11.1. The van der Waals surface area contributed by atoms with Crippen LogP contribution in [-0.4, -0.2) is 27.0 Å². The normalized spacial score (nSPS) is 12.4. The summed E-state index contributed by atoms with van der Waals surface area (Å²) in [5, 5.41) is 12.6. The van der Waals surface area contributed by atoms with Crippen molar-refractivity contribution in [2.75, 3.05) is 11.9 Å². The van der Waals surface area contributed by atoms with E-state index < -0.39 is 5.97 Å². The average Bonchev–Trinajstić information content (AvgIpc) is 2.74. The molecule has 2 N–H and O–H groups in total. The molecule has 0 fully saturated rings. The SMILES string of the molecule is CCc1nsc(NCCC(C)CCC(=O)O)n1. The lowest BCUT2D eigenvalue weighted by Crippen LogP contribution is -2.08. The van der Waals surface area contributed by atoms with Gasteiger partial charge in [0.25, 0.3) is 0 Å². The molecule has 1 aromatic heterocycles. The van der Waals surface area contributed by atoms with Crippen LogP contribution in [0.5, 0.6) is 0 Å². The first-order valence-electron chi connectivity index (χ1n) is 5.90. The molecular weight excluding hydrogens is 238 g/mol. The molecule has 0 saturated carbocycles. The number of hydrogen-bond donors (Lipinski definition) is 2. The second kappa shape index (κ2) is 7.21. The minimum Gasteiger partial charge on any atom is -0.481 e. The highest BCUT2D eigenvalue weighted by Gasteiger charge is 2.06. The molecule has 0 bridgehead atoms. The van der Waals surface area contributed by atoms with Gasteiger partial charge in [-0.2, -0.15) is 4.37 Å². The van der Waals surface area contributed by atoms with Crippen LogP contribution in [0.1, 0.15) is 38.9 Å². The molecule has 1 rings (SSSR count). The monoisotopic (exact) mass is 257 g/mol. The molecule has 0 aliphatic rings. The summed E-state index contributed by atoms with van der Waals surface area (Å²) in [5.74, 6) is 0.565. The lowest BCUT2D eigenvalue weighted by atomic mass is 10.0. The van der Waals surface area contributed by atoms with Crippen LogP contribution < -0.4 is 5.32 Å². The summed E-state index contributed by atoms with van der Waals surface area (Å²) in [7, 11) is 0. The van der Waals surface area contributed by atoms with Gasteiger partial charge in [-0.15, -0.1) is 0 Å². The molecule has 0 spiro atoms. The van der Waals surface area contributed by atoms with Gasteiger partial charge in [0.1, 0.15) is 5.82 Å². The summed E-state index contributed by atoms with van der Waals surface area (Å²) < 4.78 is 4.18. The molecule has 0 aromatic carbocycles. The zero-order chi connectivity index (χ0) is 12.7. The predicted octanol–water partition coefficient (Wildman–Crippen LogP) is 2.40. The highest BCUT2D eigenvalue weighted by Crippen LogP contribution is 2.14. The van der Waals surface area contributed by atoms with Gasteiger partial charge in [-0.25, -0.2) is 4.98 Å². The van der Waals surface area contributed by atoms with E-state index in [4.69, 9.17) is 5.11 Å². The molecule has 1 heterocycles. The highest BCUT2D eigenvalue weighted by atomic mass is 32.1. The topological polar surface area (TPSA) is 75.1 Å². The quantitative estimate of drug-likeness (QED) is 0.748. The fraction of sp³-hybridized carbons (Fsp3) is 0.727. The highest BCUT2D eigenvalue weighted by molar-refractivity contribution is 7.09. The summed E-state index contributed by atoms with van der Waals surface area (Å²) in [6.07, 6.45) is 2.79. The Bertz CT molecular complexity index is 354. The van der Waals surface area contributed by atoms with Crippen molar-refractivity contribution in [3.63, 3.8) is 0 Å². The number of nitrogens with zero attached hydrogens (tertiary/aromatic N) is 2. The van der Waals surface area contributed by atoms with Crippen molar-refractivity contribution in [1.82, 2.24) is 9.36 Å². The number of aryl methyl sites for hydroxylation is 1. The number of carboxylic acid groups (broad SMARTS) is 1. The lowest BCUT2D eigenvalue weighted by Gasteiger charge is -2.09. The Morgan fingerprint density at radius 3 is 2.88 bits per heavy atom. The van der Waals surface area contributed by atoms with Crippen molar-refractivity contribution < 1.29 is 9.90 Å². The van der Waals surface area contributed by atoms with Gasteiger partial charge in [-0.05, 0) is 18.8 Å². The number of carboxylic acids is 1. The van der Waals surface area contributed by atoms with E-state index in [1.807, 2.05) is 6.92 Å². The Labute approximate surface area is 105 Å². The molecule has 0 saturated heterocycles. The third-order valence-electron chi connectivity index (χ3n) is 2.55. The van der Waals surface area contributed by atoms with Gasteiger partial charge < -0.3 is 10.4 Å². The first-order chi connectivity index (χ1) is 8.11. The predicted molar refractivity (Wildman–Crippen MR) is 68.4 cm³/mol. The fourth-order valence-corrected chi connectivity index (χ4v) is 2.08. The van der Waals surface area contributed by atoms with E-state index in [1.165, 1.54) is 11.5 Å². The van der Waals surface area contributed by atoms with Gasteiger partial charge in [-0.1, -0.05) is 13.8 Å². The number of anilines is 1. The summed E-state index contributed by atoms with van der Waals surface area (Å²) in [6, 6.07) is 0. The summed E-state index contributed by atoms with van der Waals surface area (Å²) in [4.78, 5) is 14.7. The van der Waals surface area contributed by atoms with Crippen LogP contribution in [0.3, 0.4) is 0 Å². The summed E-state index contributed by atoms with van der Waals surface area (Å²) in [5.41, 5.74) is 0. The van der Waals surface area contributed by atoms with Gasteiger partial charge in [0.15, 0.2) is 0 Å². The molecule has 1 unspecified atom stereocenters. The average molecular weight is 257 g/mol. The molecule has 0 amide bonds. The number of aromatic nitrogens is 2. The van der Waals surface area contributed by atoms with E-state index in [9.17, 15) is 4.79 Å². The zero-order valence-electron chi connectivity index (χ0n) is 10.3. The number of rotatable bonds is 8. The van der Waals surface area contributed by atoms with Crippen LogP contribution in [0, 0.1) is 5.92 Å². The maximum atomic E-state index is 10.4. The van der Waals surface area contributed by atoms with E-state index in [0.717, 1.165) is 36.8 Å². The Balaban J connectivity index is 2.16. The molecule has 0 aliphatic heterocycles. The van der Waals surface area contributed by atoms with Gasteiger partial charge in [0.05, 0.1) is 0 Å². The lowest BCUT2D eigenvalue weighted by molar-refractivity contribution is -0.137. The summed E-state index contributed by atoms with van der Waals surface area (Å²) >= 11 is 1.38. The van der Waals surface area contributed by atoms with Gasteiger partial charge in [0.2, 0.25) is 5.13 Å². The van der Waals surface area contributed by atoms with Gasteiger partial charge >= 0.3 is 5.97 Å². The number of nitrogens with one attached hydrogen (secondary N) is 1. The molecule has 5 nitrogen and oxygen atoms in total. The molecule has 1 atom stereocenters. The molecule has 1 aromatic rings. The number of carbonyl (C=O) groups is 1. The Morgan fingerprint density at radius 2 is 2.29 bits per heavy atom. The smallest absolute Gasteiger partial charge is 0.303 e. The van der Waals surface area contributed by atoms with E-state index in [-0.39, 0.29) is 6.42 Å². The van der Waals surface area contributed by atoms with Gasteiger partial charge in [-0.3, -0.25) is 4.79 Å². The number of hydrogen-bond acceptors (Lipinski definition) is 5. The molecule has 6 heteroatoms. The molecule has 17 heavy (non-hydrogen) atoms. The Kier molecular flexibility index (Phi) is 5.90. The molecular formula is C11H19N3O2S. The molecule has 96 valence electrons. The van der Waals surface area contributed by atoms with Gasteiger partial charge in [0, 0.05) is 30.9 Å². The first-order valence-corrected chi connectivity index (χ1v) is 6.67. The maximum Gasteiger partial charge on any atom is 0.303 e. The van der Waals surface area contributed by atoms with Crippen LogP contribution in [0.25, 0.3) is 0 Å². The van der Waals surface area contributed by atoms with Crippen LogP contribution in [0.15, 0.2) is 0 Å². The second-order valence-electron chi connectivity index (χ2n) is 4.12. The van der Waals surface area contributed by atoms with Crippen molar-refractivity contribution in [3.8, 4) is 0 Å². The largest absolute Gasteiger partial charge is 0.481 e. The second-order valence-corrected chi connectivity index (χ2v) is 4.87. The van der Waals surface area contributed by atoms with Crippen LogP contribution in [0.4, 0.5) is 5.13 Å². The van der Waals surface area contributed by atoms with Crippen molar-refractivity contribution in [2.45, 2.75) is 39.5 Å².